The Morgan fingerprint density at radius 1 is 0.197 bits per heavy atom. The van der Waals surface area contributed by atoms with Gasteiger partial charge in [0.1, 0.15) is 0 Å². The third-order valence-electron chi connectivity index (χ3n) is 25.6. The molecule has 566 valence electrons. The van der Waals surface area contributed by atoms with Crippen LogP contribution in [0.1, 0.15) is 44.5 Å². The van der Waals surface area contributed by atoms with Crippen LogP contribution in [-0.4, -0.2) is 29.9 Å². The second-order valence-corrected chi connectivity index (χ2v) is 34.2. The van der Waals surface area contributed by atoms with Gasteiger partial charge in [-0.25, -0.2) is 29.9 Å². The summed E-state index contributed by atoms with van der Waals surface area (Å²) in [4.78, 5) is 36.6. The first-order chi connectivity index (χ1) is 60.5. The van der Waals surface area contributed by atoms with Crippen LogP contribution in [0.25, 0.3) is 177 Å². The summed E-state index contributed by atoms with van der Waals surface area (Å²) >= 11 is 3.80. The molecular formula is C114H68N6S2. The smallest absolute Gasteiger partial charge is 0.160 e. The molecule has 26 rings (SSSR count). The molecule has 5 aromatic heterocycles. The fraction of sp³-hybridized carbons (Fsp3) is 0.0175. The van der Waals surface area contributed by atoms with Gasteiger partial charge in [0.15, 0.2) is 5.82 Å². The van der Waals surface area contributed by atoms with Gasteiger partial charge in [0, 0.05) is 101 Å². The van der Waals surface area contributed by atoms with E-state index in [0.29, 0.717) is 0 Å². The predicted octanol–water partition coefficient (Wildman–Crippen LogP) is 29.1. The average Bonchev–Trinajstić information content (AvgIpc) is 1.49. The van der Waals surface area contributed by atoms with Crippen molar-refractivity contribution < 1.29 is 0 Å². The Bertz CT molecular complexity index is 8080. The molecule has 6 nitrogen and oxygen atoms in total. The van der Waals surface area contributed by atoms with Gasteiger partial charge < -0.3 is 0 Å². The number of hydrogen-bond acceptors (Lipinski definition) is 8. The molecule has 7 heterocycles. The van der Waals surface area contributed by atoms with Crippen molar-refractivity contribution in [3.8, 4) is 101 Å². The van der Waals surface area contributed by atoms with Crippen molar-refractivity contribution >= 4 is 99.6 Å². The Balaban J connectivity index is 0.000000134. The summed E-state index contributed by atoms with van der Waals surface area (Å²) in [6, 6.07) is 149. The number of para-hydroxylation sites is 3. The summed E-state index contributed by atoms with van der Waals surface area (Å²) in [5.41, 5.74) is 33.1. The Kier molecular flexibility index (Phi) is 15.9. The zero-order chi connectivity index (χ0) is 80.1. The van der Waals surface area contributed by atoms with E-state index in [2.05, 4.69) is 382 Å². The van der Waals surface area contributed by atoms with E-state index in [9.17, 15) is 0 Å². The summed E-state index contributed by atoms with van der Waals surface area (Å²) < 4.78 is 0. The number of nitrogens with zero attached hydrogens (tertiary/aromatic N) is 6. The van der Waals surface area contributed by atoms with Crippen molar-refractivity contribution in [2.75, 3.05) is 0 Å². The second kappa shape index (κ2) is 27.8. The van der Waals surface area contributed by atoms with Crippen molar-refractivity contribution in [1.82, 2.24) is 29.9 Å². The maximum atomic E-state index is 5.46. The lowest BCUT2D eigenvalue weighted by Crippen LogP contribution is -2.32. The molecule has 4 aliphatic rings. The third kappa shape index (κ3) is 10.6. The molecule has 0 radical (unpaired) electrons. The van der Waals surface area contributed by atoms with Gasteiger partial charge in [-0.15, -0.1) is 0 Å². The minimum Gasteiger partial charge on any atom is -0.247 e. The number of aromatic nitrogens is 6. The fourth-order valence-electron chi connectivity index (χ4n) is 20.3. The highest BCUT2D eigenvalue weighted by molar-refractivity contribution is 8.00. The molecule has 17 aromatic carbocycles. The molecule has 0 N–H and O–H groups in total. The Morgan fingerprint density at radius 3 is 1.06 bits per heavy atom. The van der Waals surface area contributed by atoms with Crippen LogP contribution in [0.4, 0.5) is 0 Å². The van der Waals surface area contributed by atoms with E-state index < -0.39 is 10.8 Å². The second-order valence-electron chi connectivity index (χ2n) is 32.0. The number of pyridine rings is 4. The van der Waals surface area contributed by atoms with E-state index >= 15 is 0 Å². The monoisotopic (exact) mass is 1580 g/mol. The topological polar surface area (TPSA) is 77.3 Å². The van der Waals surface area contributed by atoms with Crippen molar-refractivity contribution in [2.45, 2.75) is 30.4 Å². The van der Waals surface area contributed by atoms with Crippen LogP contribution in [-0.2, 0) is 10.8 Å². The first kappa shape index (κ1) is 70.0. The van der Waals surface area contributed by atoms with Crippen molar-refractivity contribution in [3.05, 3.63) is 457 Å². The van der Waals surface area contributed by atoms with Crippen LogP contribution in [0.15, 0.2) is 432 Å². The number of fused-ring (bicyclic) bond motifs is 30. The average molecular weight is 1590 g/mol. The Hall–Kier alpha value is -15.1. The molecule has 0 fully saturated rings. The maximum absolute atomic E-state index is 5.46. The molecule has 8 heteroatoms. The standard InChI is InChI=1S/C58H35N3S.C56H33N3S/c1-2-15-38(16-3-1)57-60-51-27-12-7-22-44(51)54(61-57)37-31-29-36(30-32-37)39-17-14-18-40(35-39)55-45-33-34-49-56(53(45)43-21-6-11-26-50(43)59-55)62-52-28-13-10-25-48(52)58(49)46-23-8-4-19-41(46)42-20-5-9-24-47(42)58;1-2-13-34(14-3-1)47-31-27-35-25-26-36-28-32-48(58-54(36)53(35)57-47)37-15-12-16-38(33-37)52-42-29-30-46-55(51(42)41-19-6-10-23-49(41)59-52)60-50-24-11-9-22-45(50)56(46)43-20-7-4-17-39(43)40-18-5-8-21-44(40)56/h1-35H;1-33H. The molecule has 2 aliphatic carbocycles. The van der Waals surface area contributed by atoms with E-state index in [-0.39, 0.29) is 0 Å². The lowest BCUT2D eigenvalue weighted by atomic mass is 9.67. The van der Waals surface area contributed by atoms with Crippen LogP contribution in [0.2, 0.25) is 0 Å². The zero-order valence-corrected chi connectivity index (χ0v) is 67.4. The Labute approximate surface area is 712 Å². The minimum atomic E-state index is -0.453. The van der Waals surface area contributed by atoms with Gasteiger partial charge in [0.2, 0.25) is 0 Å². The van der Waals surface area contributed by atoms with E-state index in [4.69, 9.17) is 29.9 Å². The van der Waals surface area contributed by atoms with Crippen LogP contribution in [0.5, 0.6) is 0 Å². The predicted molar refractivity (Wildman–Crippen MR) is 503 cm³/mol. The van der Waals surface area contributed by atoms with Gasteiger partial charge in [-0.2, -0.15) is 0 Å². The maximum Gasteiger partial charge on any atom is 0.160 e. The van der Waals surface area contributed by atoms with Gasteiger partial charge in [-0.1, -0.05) is 381 Å². The zero-order valence-electron chi connectivity index (χ0n) is 65.8. The lowest BCUT2D eigenvalue weighted by molar-refractivity contribution is 0.726. The van der Waals surface area contributed by atoms with Gasteiger partial charge in [-0.05, 0) is 132 Å². The summed E-state index contributed by atoms with van der Waals surface area (Å²) in [5, 5.41) is 10.3. The van der Waals surface area contributed by atoms with Crippen LogP contribution in [0.3, 0.4) is 0 Å². The molecule has 0 amide bonds. The summed E-state index contributed by atoms with van der Waals surface area (Å²) in [5.74, 6) is 0.725. The quantitative estimate of drug-likeness (QED) is 0.146. The molecule has 2 spiro atoms. The van der Waals surface area contributed by atoms with E-state index in [1.54, 1.807) is 0 Å². The lowest BCUT2D eigenvalue weighted by Gasteiger charge is -2.40. The van der Waals surface area contributed by atoms with Gasteiger partial charge in [-0.3, -0.25) is 0 Å². The van der Waals surface area contributed by atoms with E-state index in [1.165, 1.54) is 103 Å². The fourth-order valence-corrected chi connectivity index (χ4v) is 23.0. The largest absolute Gasteiger partial charge is 0.247 e. The van der Waals surface area contributed by atoms with E-state index in [1.807, 2.05) is 53.9 Å². The molecule has 0 bridgehead atoms. The SMILES string of the molecule is c1ccc(-c2ccc3ccc4ccc(-c5cccc(-c6nc7ccccc7c7c8c(ccc67)C6(c7ccccc7S8)c7ccccc7-c7ccccc76)c5)nc4c3n2)cc1.c1ccc(-c2nc(-c3ccc(-c4cccc(-c5nc6ccccc6c6c7c(ccc56)C5(c6ccccc6S7)c6ccccc6-c6ccccc65)c4)cc3)c3ccccc3n2)cc1. The summed E-state index contributed by atoms with van der Waals surface area (Å²) in [6.45, 7) is 0. The normalized spacial score (nSPS) is 13.3. The van der Waals surface area contributed by atoms with Crippen LogP contribution < -0.4 is 0 Å². The first-order valence-electron chi connectivity index (χ1n) is 41.5. The molecule has 0 saturated heterocycles. The summed E-state index contributed by atoms with van der Waals surface area (Å²) in [6.07, 6.45) is 0. The van der Waals surface area contributed by atoms with Gasteiger partial charge in [0.25, 0.3) is 0 Å². The number of hydrogen-bond donors (Lipinski definition) is 0. The molecule has 2 aliphatic heterocycles. The number of rotatable bonds is 7. The highest BCUT2D eigenvalue weighted by Gasteiger charge is 2.52. The minimum absolute atomic E-state index is 0.448. The molecular weight excluding hydrogens is 1520 g/mol. The number of benzene rings is 17. The van der Waals surface area contributed by atoms with Gasteiger partial charge in [0.05, 0.1) is 66.9 Å². The Morgan fingerprint density at radius 2 is 0.557 bits per heavy atom. The molecule has 0 saturated carbocycles. The molecule has 0 atom stereocenters. The highest BCUT2D eigenvalue weighted by Crippen LogP contribution is 2.66. The summed E-state index contributed by atoms with van der Waals surface area (Å²) in [7, 11) is 0. The first-order valence-corrected chi connectivity index (χ1v) is 43.2. The van der Waals surface area contributed by atoms with Gasteiger partial charge >= 0.3 is 0 Å². The van der Waals surface area contributed by atoms with Crippen molar-refractivity contribution in [1.29, 1.82) is 0 Å². The molecule has 0 unspecified atom stereocenters. The molecule has 22 aromatic rings. The van der Waals surface area contributed by atoms with Crippen molar-refractivity contribution in [2.24, 2.45) is 0 Å². The third-order valence-corrected chi connectivity index (χ3v) is 28.0. The van der Waals surface area contributed by atoms with Crippen LogP contribution in [0, 0.1) is 0 Å². The van der Waals surface area contributed by atoms with E-state index in [0.717, 1.165) is 139 Å². The highest BCUT2D eigenvalue weighted by atomic mass is 32.2. The van der Waals surface area contributed by atoms with Crippen molar-refractivity contribution in [3.63, 3.8) is 0 Å². The van der Waals surface area contributed by atoms with Crippen LogP contribution >= 0.6 is 23.5 Å². The molecule has 122 heavy (non-hydrogen) atoms.